The van der Waals surface area contributed by atoms with Crippen molar-refractivity contribution in [3.63, 3.8) is 0 Å². The summed E-state index contributed by atoms with van der Waals surface area (Å²) in [5.41, 5.74) is 7.91. The minimum absolute atomic E-state index is 0.0394. The van der Waals surface area contributed by atoms with Gasteiger partial charge in [0.15, 0.2) is 0 Å². The number of hydrogen-bond acceptors (Lipinski definition) is 18. The molecule has 2 amide bonds. The first-order valence-corrected chi connectivity index (χ1v) is 31.0. The van der Waals surface area contributed by atoms with Crippen LogP contribution in [0.5, 0.6) is 0 Å². The first-order chi connectivity index (χ1) is 47.8. The Morgan fingerprint density at radius 2 is 0.810 bits per heavy atom. The molecule has 8 heterocycles. The molecular weight excluding hydrogens is 1360 g/mol. The number of hydrogen-bond donors (Lipinski definition) is 6. The summed E-state index contributed by atoms with van der Waals surface area (Å²) >= 11 is 3.12. The van der Waals surface area contributed by atoms with Crippen molar-refractivity contribution in [2.24, 2.45) is 0 Å². The Balaban J connectivity index is 0.000000171. The quantitative estimate of drug-likeness (QED) is 0.0435. The van der Waals surface area contributed by atoms with Crippen molar-refractivity contribution in [3.8, 4) is 56.4 Å². The molecule has 0 aliphatic carbocycles. The second-order valence-electron chi connectivity index (χ2n) is 22.3. The van der Waals surface area contributed by atoms with Gasteiger partial charge in [-0.25, -0.2) is 46.5 Å². The number of halogens is 5. The third-order valence-electron chi connectivity index (χ3n) is 14.4. The average molecular weight is 1420 g/mol. The summed E-state index contributed by atoms with van der Waals surface area (Å²) < 4.78 is 59.4. The maximum Gasteiger partial charge on any atom is 0.490 e. The lowest BCUT2D eigenvalue weighted by Gasteiger charge is -2.12. The Morgan fingerprint density at radius 3 is 1.14 bits per heavy atom. The number of anilines is 2. The maximum atomic E-state index is 14.6. The highest BCUT2D eigenvalue weighted by molar-refractivity contribution is 9.10. The second-order valence-corrected chi connectivity index (χ2v) is 23.2. The topological polar surface area (TPSA) is 338 Å². The van der Waals surface area contributed by atoms with E-state index >= 15 is 0 Å². The van der Waals surface area contributed by atoms with Crippen LogP contribution >= 0.6 is 15.9 Å². The van der Waals surface area contributed by atoms with Crippen molar-refractivity contribution in [1.82, 2.24) is 70.3 Å². The summed E-state index contributed by atoms with van der Waals surface area (Å²) in [6.07, 6.45) is 12.9. The molecule has 0 saturated heterocycles. The number of benzene rings is 4. The van der Waals surface area contributed by atoms with Gasteiger partial charge in [-0.15, -0.1) is 10.2 Å². The molecule has 24 nitrogen and oxygen atoms in total. The minimum Gasteiger partial charge on any atom is -0.478 e. The van der Waals surface area contributed by atoms with Gasteiger partial charge in [-0.05, 0) is 212 Å². The Hall–Kier alpha value is -12.0. The zero-order chi connectivity index (χ0) is 72.3. The number of amides is 2. The van der Waals surface area contributed by atoms with Crippen molar-refractivity contribution >= 4 is 63.9 Å². The molecule has 100 heavy (non-hydrogen) atoms. The molecule has 8 aromatic heterocycles. The van der Waals surface area contributed by atoms with Gasteiger partial charge in [-0.3, -0.25) is 29.5 Å². The van der Waals surface area contributed by atoms with E-state index in [1.165, 1.54) is 54.7 Å². The first kappa shape index (κ1) is 73.8. The van der Waals surface area contributed by atoms with Gasteiger partial charge in [0.05, 0.1) is 34.3 Å². The summed E-state index contributed by atoms with van der Waals surface area (Å²) in [5, 5.41) is 63.2. The molecule has 0 unspecified atom stereocenters. The van der Waals surface area contributed by atoms with Crippen LogP contribution in [0.25, 0.3) is 56.4 Å². The van der Waals surface area contributed by atoms with E-state index in [9.17, 15) is 36.7 Å². The van der Waals surface area contributed by atoms with Crippen molar-refractivity contribution in [3.05, 3.63) is 255 Å². The largest absolute Gasteiger partial charge is 0.490 e. The Kier molecular flexibility index (Phi) is 25.3. The Labute approximate surface area is 578 Å². The predicted molar refractivity (Wildman–Crippen MR) is 369 cm³/mol. The standard InChI is InChI=1S/2C22H20FN7O.C13H10FNO2.C8H6BrFO2.C5H6BNO2/c2*1-13(2)30-21(27-28-29-30)19-7-4-8-20(25-19)26-22(31)17-11-16(14(3)10-18(17)23)15-6-5-9-24-12-15;1-8-5-12(14)11(13(16)17)6-10(8)9-3-2-4-15-7-9;1-4-2-7(10)5(8(11)12)3-6(4)9;8-6(9)5-2-1-3-7-4-5/h2*4-13H,1-3H3,(H,25,26,31);2-7H,1H3,(H,16,17);2-3H,1H3,(H,11,12);1-4,8-9H. The third-order valence-corrected chi connectivity index (χ3v) is 15.3. The summed E-state index contributed by atoms with van der Waals surface area (Å²) in [5.74, 6) is -4.88. The van der Waals surface area contributed by atoms with Crippen LogP contribution in [0.15, 0.2) is 188 Å². The molecule has 4 aromatic carbocycles. The average Bonchev–Trinajstić information content (AvgIpc) is 1.13. The van der Waals surface area contributed by atoms with Crippen LogP contribution in [0.1, 0.15) is 103 Å². The fourth-order valence-corrected chi connectivity index (χ4v) is 9.76. The van der Waals surface area contributed by atoms with Crippen molar-refractivity contribution in [1.29, 1.82) is 0 Å². The van der Waals surface area contributed by atoms with E-state index < -0.39 is 54.1 Å². The summed E-state index contributed by atoms with van der Waals surface area (Å²) in [4.78, 5) is 71.7. The van der Waals surface area contributed by atoms with Gasteiger partial charge in [0, 0.05) is 76.2 Å². The summed E-state index contributed by atoms with van der Waals surface area (Å²) in [6, 6.07) is 35.1. The lowest BCUT2D eigenvalue weighted by Crippen LogP contribution is -2.29. The zero-order valence-electron chi connectivity index (χ0n) is 54.6. The van der Waals surface area contributed by atoms with Crippen molar-refractivity contribution in [2.75, 3.05) is 10.6 Å². The molecular formula is C70H62BBrF4N16O8. The second kappa shape index (κ2) is 34.3. The smallest absolute Gasteiger partial charge is 0.478 e. The molecule has 0 saturated carbocycles. The van der Waals surface area contributed by atoms with Gasteiger partial charge in [-0.1, -0.05) is 52.3 Å². The highest BCUT2D eigenvalue weighted by Gasteiger charge is 2.22. The maximum absolute atomic E-state index is 14.6. The number of nitrogens with one attached hydrogen (secondary N) is 2. The van der Waals surface area contributed by atoms with Gasteiger partial charge < -0.3 is 30.9 Å². The fourth-order valence-electron chi connectivity index (χ4n) is 9.41. The Bertz CT molecular complexity index is 4660. The highest BCUT2D eigenvalue weighted by atomic mass is 79.9. The van der Waals surface area contributed by atoms with Crippen LogP contribution in [-0.4, -0.2) is 121 Å². The van der Waals surface area contributed by atoms with Crippen LogP contribution in [0.4, 0.5) is 29.2 Å². The minimum atomic E-state index is -1.40. The SMILES string of the molecule is Cc1cc(F)c(C(=O)Nc2cccc(-c3nnnn3C(C)C)n2)cc1-c1cccnc1.Cc1cc(F)c(C(=O)Nc2cccc(-c3nnnn3C(C)C)n2)cc1-c1cccnc1.Cc1cc(F)c(C(=O)O)cc1-c1cccnc1.Cc1cc(F)c(C(=O)O)cc1Br.OB(O)c1cccnc1. The number of pyridine rings is 6. The Morgan fingerprint density at radius 1 is 0.460 bits per heavy atom. The molecule has 508 valence electrons. The predicted octanol–water partition coefficient (Wildman–Crippen LogP) is 12.4. The number of carbonyl (C=O) groups is 4. The van der Waals surface area contributed by atoms with E-state index in [0.29, 0.717) is 60.8 Å². The van der Waals surface area contributed by atoms with E-state index in [2.05, 4.69) is 87.5 Å². The van der Waals surface area contributed by atoms with E-state index in [-0.39, 0.29) is 46.0 Å². The molecule has 0 bridgehead atoms. The van der Waals surface area contributed by atoms with Gasteiger partial charge in [0.2, 0.25) is 11.6 Å². The van der Waals surface area contributed by atoms with Crippen LogP contribution in [0, 0.1) is 51.0 Å². The van der Waals surface area contributed by atoms with E-state index in [4.69, 9.17) is 20.3 Å². The van der Waals surface area contributed by atoms with Gasteiger partial charge in [0.1, 0.15) is 46.3 Å². The van der Waals surface area contributed by atoms with Gasteiger partial charge >= 0.3 is 19.1 Å². The van der Waals surface area contributed by atoms with Crippen LogP contribution in [0.3, 0.4) is 0 Å². The molecule has 0 radical (unpaired) electrons. The third kappa shape index (κ3) is 19.2. The monoisotopic (exact) mass is 1420 g/mol. The number of carboxylic acid groups (broad SMARTS) is 2. The first-order valence-electron chi connectivity index (χ1n) is 30.2. The van der Waals surface area contributed by atoms with Crippen LogP contribution in [-0.2, 0) is 0 Å². The molecule has 12 rings (SSSR count). The number of carbonyl (C=O) groups excluding carboxylic acids is 2. The van der Waals surface area contributed by atoms with Crippen LogP contribution < -0.4 is 16.1 Å². The van der Waals surface area contributed by atoms with E-state index in [0.717, 1.165) is 27.8 Å². The number of nitrogens with zero attached hydrogens (tertiary/aromatic N) is 14. The molecule has 0 fully saturated rings. The number of aromatic carboxylic acids is 2. The normalized spacial score (nSPS) is 10.6. The number of aryl methyl sites for hydroxylation is 4. The highest BCUT2D eigenvalue weighted by Crippen LogP contribution is 2.30. The molecule has 0 aliphatic rings. The molecule has 0 aliphatic heterocycles. The summed E-state index contributed by atoms with van der Waals surface area (Å²) in [7, 11) is -1.40. The van der Waals surface area contributed by atoms with Gasteiger partial charge in [0.25, 0.3) is 11.8 Å². The number of tetrazole rings is 2. The summed E-state index contributed by atoms with van der Waals surface area (Å²) in [6.45, 7) is 14.8. The number of carboxylic acids is 2. The molecule has 12 aromatic rings. The fraction of sp³-hybridized carbons (Fsp3) is 0.143. The molecule has 0 atom stereocenters. The van der Waals surface area contributed by atoms with Crippen LogP contribution in [0.2, 0.25) is 0 Å². The van der Waals surface area contributed by atoms with E-state index in [1.807, 2.05) is 39.8 Å². The molecule has 0 spiro atoms. The number of rotatable bonds is 14. The lowest BCUT2D eigenvalue weighted by molar-refractivity contribution is 0.0680. The lowest BCUT2D eigenvalue weighted by atomic mass is 9.82. The van der Waals surface area contributed by atoms with E-state index in [1.54, 1.807) is 153 Å². The molecule has 6 N–H and O–H groups in total. The van der Waals surface area contributed by atoms with Crippen molar-refractivity contribution < 1.29 is 57.0 Å². The molecule has 30 heteroatoms. The van der Waals surface area contributed by atoms with Gasteiger partial charge in [-0.2, -0.15) is 0 Å². The van der Waals surface area contributed by atoms with Crippen molar-refractivity contribution in [2.45, 2.75) is 67.5 Å². The number of aromatic nitrogens is 14. The zero-order valence-corrected chi connectivity index (χ0v) is 56.2.